The van der Waals surface area contributed by atoms with E-state index in [9.17, 15) is 4.79 Å². The van der Waals surface area contributed by atoms with Gasteiger partial charge in [0.15, 0.2) is 0 Å². The summed E-state index contributed by atoms with van der Waals surface area (Å²) < 4.78 is 10.9. The van der Waals surface area contributed by atoms with Gasteiger partial charge in [-0.3, -0.25) is 9.69 Å². The highest BCUT2D eigenvalue weighted by Crippen LogP contribution is 2.20. The molecule has 0 bridgehead atoms. The molecule has 1 saturated heterocycles. The summed E-state index contributed by atoms with van der Waals surface area (Å²) in [6.07, 6.45) is 1.81. The minimum Gasteiger partial charge on any atom is -0.497 e. The van der Waals surface area contributed by atoms with Crippen molar-refractivity contribution < 1.29 is 14.3 Å². The summed E-state index contributed by atoms with van der Waals surface area (Å²) in [5, 5.41) is 3.11. The number of likely N-dealkylation sites (tertiary alicyclic amines) is 1. The number of ether oxygens (including phenoxy) is 2. The van der Waals surface area contributed by atoms with Gasteiger partial charge < -0.3 is 14.8 Å². The third kappa shape index (κ3) is 6.50. The topological polar surface area (TPSA) is 50.8 Å². The smallest absolute Gasteiger partial charge is 0.223 e. The molecule has 156 valence electrons. The van der Waals surface area contributed by atoms with Crippen molar-refractivity contribution in [1.29, 1.82) is 0 Å². The summed E-state index contributed by atoms with van der Waals surface area (Å²) in [7, 11) is 1.64. The molecule has 29 heavy (non-hydrogen) atoms. The van der Waals surface area contributed by atoms with Crippen LogP contribution in [0.1, 0.15) is 30.9 Å². The monoisotopic (exact) mass is 396 g/mol. The lowest BCUT2D eigenvalue weighted by Crippen LogP contribution is -2.44. The van der Waals surface area contributed by atoms with E-state index < -0.39 is 0 Å². The molecule has 1 heterocycles. The number of carbonyl (C=O) groups excluding carboxylic acids is 1. The Morgan fingerprint density at radius 1 is 1.14 bits per heavy atom. The lowest BCUT2D eigenvalue weighted by molar-refractivity contribution is -0.127. The van der Waals surface area contributed by atoms with Crippen molar-refractivity contribution in [1.82, 2.24) is 10.2 Å². The van der Waals surface area contributed by atoms with Gasteiger partial charge in [-0.2, -0.15) is 0 Å². The molecule has 0 aromatic heterocycles. The van der Waals surface area contributed by atoms with Crippen LogP contribution in [0.5, 0.6) is 11.5 Å². The first-order valence-electron chi connectivity index (χ1n) is 10.4. The van der Waals surface area contributed by atoms with Gasteiger partial charge in [0.1, 0.15) is 18.1 Å². The number of nitrogens with one attached hydrogen (secondary N) is 1. The normalized spacial score (nSPS) is 16.2. The quantitative estimate of drug-likeness (QED) is 0.737. The van der Waals surface area contributed by atoms with Crippen LogP contribution < -0.4 is 14.8 Å². The molecule has 0 radical (unpaired) electrons. The summed E-state index contributed by atoms with van der Waals surface area (Å²) in [6, 6.07) is 16.1. The number of piperidine rings is 1. The largest absolute Gasteiger partial charge is 0.497 e. The minimum atomic E-state index is -0.0325. The molecule has 1 amide bonds. The van der Waals surface area contributed by atoms with Crippen molar-refractivity contribution >= 4 is 5.91 Å². The van der Waals surface area contributed by atoms with Crippen molar-refractivity contribution in [3.8, 4) is 11.5 Å². The van der Waals surface area contributed by atoms with Gasteiger partial charge in [0.05, 0.1) is 13.2 Å². The van der Waals surface area contributed by atoms with E-state index in [1.54, 1.807) is 7.11 Å². The third-order valence-electron chi connectivity index (χ3n) is 5.40. The number of nitrogens with zero attached hydrogens (tertiary/aromatic N) is 1. The number of hydrogen-bond acceptors (Lipinski definition) is 4. The van der Waals surface area contributed by atoms with Gasteiger partial charge >= 0.3 is 0 Å². The zero-order valence-electron chi connectivity index (χ0n) is 17.7. The maximum Gasteiger partial charge on any atom is 0.223 e. The zero-order chi connectivity index (χ0) is 20.6. The first-order chi connectivity index (χ1) is 14.0. The molecule has 0 aliphatic carbocycles. The lowest BCUT2D eigenvalue weighted by Gasteiger charge is -2.32. The number of methoxy groups -OCH3 is 1. The van der Waals surface area contributed by atoms with Crippen LogP contribution in [0, 0.1) is 12.8 Å². The first-order valence-corrected chi connectivity index (χ1v) is 10.4. The molecule has 2 aromatic carbocycles. The Balaban J connectivity index is 1.38. The van der Waals surface area contributed by atoms with Crippen molar-refractivity contribution in [2.75, 3.05) is 26.8 Å². The minimum absolute atomic E-state index is 0.0325. The Kier molecular flexibility index (Phi) is 7.53. The third-order valence-corrected chi connectivity index (χ3v) is 5.40. The van der Waals surface area contributed by atoms with Crippen molar-refractivity contribution in [2.24, 2.45) is 5.92 Å². The van der Waals surface area contributed by atoms with E-state index in [-0.39, 0.29) is 17.9 Å². The van der Waals surface area contributed by atoms with Crippen LogP contribution in [0.25, 0.3) is 0 Å². The molecule has 1 aliphatic heterocycles. The second-order valence-electron chi connectivity index (χ2n) is 7.94. The van der Waals surface area contributed by atoms with Crippen LogP contribution in [-0.2, 0) is 11.3 Å². The fourth-order valence-corrected chi connectivity index (χ4v) is 3.72. The highest BCUT2D eigenvalue weighted by molar-refractivity contribution is 5.79. The second-order valence-corrected chi connectivity index (χ2v) is 7.94. The van der Waals surface area contributed by atoms with E-state index >= 15 is 0 Å². The van der Waals surface area contributed by atoms with Gasteiger partial charge in [-0.1, -0.05) is 29.8 Å². The molecule has 1 aliphatic rings. The van der Waals surface area contributed by atoms with Crippen LogP contribution in [0.15, 0.2) is 48.5 Å². The number of benzene rings is 2. The van der Waals surface area contributed by atoms with E-state index in [0.717, 1.165) is 44.0 Å². The number of amides is 1. The molecule has 0 unspecified atom stereocenters. The Morgan fingerprint density at radius 2 is 1.83 bits per heavy atom. The number of hydrogen-bond donors (Lipinski definition) is 1. The Hall–Kier alpha value is -2.53. The van der Waals surface area contributed by atoms with E-state index in [1.807, 2.05) is 31.2 Å². The SMILES string of the molecule is COc1ccc(OC[C@@H](C)NC(=O)C2CCN(Cc3cccc(C)c3)CC2)cc1. The average Bonchev–Trinajstić information content (AvgIpc) is 2.73. The van der Waals surface area contributed by atoms with Gasteiger partial charge in [-0.25, -0.2) is 0 Å². The standard InChI is InChI=1S/C24H32N2O3/c1-18-5-4-6-20(15-18)16-26-13-11-21(12-14-26)24(27)25-19(2)17-29-23-9-7-22(28-3)8-10-23/h4-10,15,19,21H,11-14,16-17H2,1-3H3,(H,25,27)/t19-/m1/s1. The van der Waals surface area contributed by atoms with Crippen molar-refractivity contribution in [2.45, 2.75) is 39.3 Å². The molecule has 1 N–H and O–H groups in total. The van der Waals surface area contributed by atoms with Gasteiger partial charge in [-0.05, 0) is 69.6 Å². The van der Waals surface area contributed by atoms with E-state index in [1.165, 1.54) is 11.1 Å². The fourth-order valence-electron chi connectivity index (χ4n) is 3.72. The molecule has 0 spiro atoms. The molecular formula is C24H32N2O3. The molecule has 2 aromatic rings. The van der Waals surface area contributed by atoms with Gasteiger partial charge in [0.25, 0.3) is 0 Å². The van der Waals surface area contributed by atoms with Crippen LogP contribution >= 0.6 is 0 Å². The maximum atomic E-state index is 12.6. The van der Waals surface area contributed by atoms with Crippen molar-refractivity contribution in [3.05, 3.63) is 59.7 Å². The Labute approximate surface area is 174 Å². The summed E-state index contributed by atoms with van der Waals surface area (Å²) in [5.41, 5.74) is 2.64. The summed E-state index contributed by atoms with van der Waals surface area (Å²) in [5.74, 6) is 1.81. The van der Waals surface area contributed by atoms with Gasteiger partial charge in [0.2, 0.25) is 5.91 Å². The van der Waals surface area contributed by atoms with E-state index in [2.05, 4.69) is 41.4 Å². The molecule has 1 fully saturated rings. The molecule has 0 saturated carbocycles. The van der Waals surface area contributed by atoms with Crippen LogP contribution in [0.4, 0.5) is 0 Å². The highest BCUT2D eigenvalue weighted by Gasteiger charge is 2.25. The predicted molar refractivity (Wildman–Crippen MR) is 115 cm³/mol. The highest BCUT2D eigenvalue weighted by atomic mass is 16.5. The van der Waals surface area contributed by atoms with Crippen LogP contribution in [0.3, 0.4) is 0 Å². The summed E-state index contributed by atoms with van der Waals surface area (Å²) in [4.78, 5) is 15.1. The number of aryl methyl sites for hydroxylation is 1. The Morgan fingerprint density at radius 3 is 2.48 bits per heavy atom. The van der Waals surface area contributed by atoms with Gasteiger partial charge in [0, 0.05) is 12.5 Å². The maximum absolute atomic E-state index is 12.6. The molecule has 3 rings (SSSR count). The average molecular weight is 397 g/mol. The predicted octanol–water partition coefficient (Wildman–Crippen LogP) is 3.80. The van der Waals surface area contributed by atoms with Gasteiger partial charge in [-0.15, -0.1) is 0 Å². The fraction of sp³-hybridized carbons (Fsp3) is 0.458. The zero-order valence-corrected chi connectivity index (χ0v) is 17.7. The molecular weight excluding hydrogens is 364 g/mol. The van der Waals surface area contributed by atoms with Crippen LogP contribution in [-0.4, -0.2) is 43.7 Å². The van der Waals surface area contributed by atoms with E-state index in [4.69, 9.17) is 9.47 Å². The Bertz CT molecular complexity index is 783. The molecule has 1 atom stereocenters. The first kappa shape index (κ1) is 21.2. The summed E-state index contributed by atoms with van der Waals surface area (Å²) >= 11 is 0. The second kappa shape index (κ2) is 10.3. The van der Waals surface area contributed by atoms with Crippen LogP contribution in [0.2, 0.25) is 0 Å². The number of carbonyl (C=O) groups is 1. The lowest BCUT2D eigenvalue weighted by atomic mass is 9.95. The molecule has 5 heteroatoms. The number of rotatable bonds is 8. The van der Waals surface area contributed by atoms with Crippen molar-refractivity contribution in [3.63, 3.8) is 0 Å². The van der Waals surface area contributed by atoms with E-state index in [0.29, 0.717) is 6.61 Å². The molecule has 5 nitrogen and oxygen atoms in total. The summed E-state index contributed by atoms with van der Waals surface area (Å²) in [6.45, 7) is 7.44.